The topological polar surface area (TPSA) is 68.2 Å². The molecular weight excluding hydrogens is 280 g/mol. The molecular formula is C16H20N4O2. The lowest BCUT2D eigenvalue weighted by Crippen LogP contribution is -2.52. The number of nitrogens with one attached hydrogen (secondary N) is 2. The van der Waals surface area contributed by atoms with Crippen LogP contribution in [0.3, 0.4) is 0 Å². The third-order valence-electron chi connectivity index (χ3n) is 4.14. The normalized spacial score (nSPS) is 17.0. The van der Waals surface area contributed by atoms with E-state index in [-0.39, 0.29) is 5.91 Å². The van der Waals surface area contributed by atoms with Gasteiger partial charge in [-0.25, -0.2) is 0 Å². The van der Waals surface area contributed by atoms with Crippen molar-refractivity contribution in [1.29, 1.82) is 0 Å². The van der Waals surface area contributed by atoms with Gasteiger partial charge in [0.1, 0.15) is 11.3 Å². The van der Waals surface area contributed by atoms with Crippen LogP contribution in [0.5, 0.6) is 5.75 Å². The van der Waals surface area contributed by atoms with E-state index in [4.69, 9.17) is 4.74 Å². The highest BCUT2D eigenvalue weighted by Crippen LogP contribution is 2.29. The van der Waals surface area contributed by atoms with Crippen molar-refractivity contribution in [3.05, 3.63) is 42.7 Å². The molecule has 0 saturated carbocycles. The highest BCUT2D eigenvalue weighted by molar-refractivity contribution is 5.96. The Balaban J connectivity index is 1.83. The number of piperidine rings is 1. The summed E-state index contributed by atoms with van der Waals surface area (Å²) in [5.74, 6) is 0.740. The summed E-state index contributed by atoms with van der Waals surface area (Å²) >= 11 is 0. The van der Waals surface area contributed by atoms with Gasteiger partial charge in [-0.15, -0.1) is 0 Å². The number of methoxy groups -OCH3 is 1. The SMILES string of the molecule is COc1ccc(NC(=O)C2(n3cccn3)CCNCC2)cc1. The predicted molar refractivity (Wildman–Crippen MR) is 83.9 cm³/mol. The number of amides is 1. The van der Waals surface area contributed by atoms with Crippen molar-refractivity contribution in [2.24, 2.45) is 0 Å². The number of benzene rings is 1. The molecule has 1 aromatic heterocycles. The average Bonchev–Trinajstić information content (AvgIpc) is 3.11. The quantitative estimate of drug-likeness (QED) is 0.900. The van der Waals surface area contributed by atoms with Crippen LogP contribution >= 0.6 is 0 Å². The van der Waals surface area contributed by atoms with Crippen LogP contribution in [-0.4, -0.2) is 35.9 Å². The first-order chi connectivity index (χ1) is 10.7. The van der Waals surface area contributed by atoms with Gasteiger partial charge >= 0.3 is 0 Å². The van der Waals surface area contributed by atoms with Crippen molar-refractivity contribution in [3.63, 3.8) is 0 Å². The molecule has 1 aromatic carbocycles. The van der Waals surface area contributed by atoms with Gasteiger partial charge in [-0.2, -0.15) is 5.10 Å². The number of rotatable bonds is 4. The fourth-order valence-corrected chi connectivity index (χ4v) is 2.84. The van der Waals surface area contributed by atoms with Crippen molar-refractivity contribution in [3.8, 4) is 5.75 Å². The van der Waals surface area contributed by atoms with Crippen LogP contribution < -0.4 is 15.4 Å². The maximum Gasteiger partial charge on any atom is 0.252 e. The Kier molecular flexibility index (Phi) is 4.11. The third kappa shape index (κ3) is 2.69. The minimum Gasteiger partial charge on any atom is -0.497 e. The Labute approximate surface area is 129 Å². The maximum absolute atomic E-state index is 12.9. The Morgan fingerprint density at radius 1 is 1.32 bits per heavy atom. The van der Waals surface area contributed by atoms with Crippen molar-refractivity contribution in [2.45, 2.75) is 18.4 Å². The van der Waals surface area contributed by atoms with E-state index in [1.807, 2.05) is 36.5 Å². The summed E-state index contributed by atoms with van der Waals surface area (Å²) in [5, 5.41) is 10.6. The fourth-order valence-electron chi connectivity index (χ4n) is 2.84. The van der Waals surface area contributed by atoms with Crippen molar-refractivity contribution < 1.29 is 9.53 Å². The van der Waals surface area contributed by atoms with Gasteiger partial charge in [0, 0.05) is 18.1 Å². The van der Waals surface area contributed by atoms with Crippen molar-refractivity contribution >= 4 is 11.6 Å². The summed E-state index contributed by atoms with van der Waals surface area (Å²) in [6, 6.07) is 9.20. The summed E-state index contributed by atoms with van der Waals surface area (Å²) in [4.78, 5) is 12.9. The zero-order chi connectivity index (χ0) is 15.4. The van der Waals surface area contributed by atoms with E-state index < -0.39 is 5.54 Å². The van der Waals surface area contributed by atoms with E-state index in [0.717, 1.165) is 37.4 Å². The highest BCUT2D eigenvalue weighted by Gasteiger charge is 2.41. The number of hydrogen-bond acceptors (Lipinski definition) is 4. The number of anilines is 1. The maximum atomic E-state index is 12.9. The number of aromatic nitrogens is 2. The minimum atomic E-state index is -0.630. The van der Waals surface area contributed by atoms with Crippen LogP contribution in [0.1, 0.15) is 12.8 Å². The molecule has 1 aliphatic rings. The van der Waals surface area contributed by atoms with Gasteiger partial charge in [0.05, 0.1) is 7.11 Å². The lowest BCUT2D eigenvalue weighted by atomic mass is 9.87. The van der Waals surface area contributed by atoms with Crippen LogP contribution in [-0.2, 0) is 10.3 Å². The van der Waals surface area contributed by atoms with Crippen molar-refractivity contribution in [1.82, 2.24) is 15.1 Å². The molecule has 6 heteroatoms. The largest absolute Gasteiger partial charge is 0.497 e. The third-order valence-corrected chi connectivity index (χ3v) is 4.14. The summed E-state index contributed by atoms with van der Waals surface area (Å²) in [6.45, 7) is 1.60. The summed E-state index contributed by atoms with van der Waals surface area (Å²) in [5.41, 5.74) is 0.130. The molecule has 1 saturated heterocycles. The molecule has 1 aliphatic heterocycles. The monoisotopic (exact) mass is 300 g/mol. The molecule has 0 radical (unpaired) electrons. The van der Waals surface area contributed by atoms with E-state index in [9.17, 15) is 4.79 Å². The molecule has 1 amide bonds. The first kappa shape index (κ1) is 14.6. The summed E-state index contributed by atoms with van der Waals surface area (Å²) in [7, 11) is 1.62. The van der Waals surface area contributed by atoms with E-state index in [0.29, 0.717) is 0 Å². The molecule has 0 aliphatic carbocycles. The van der Waals surface area contributed by atoms with Gasteiger partial charge in [0.25, 0.3) is 5.91 Å². The second-order valence-electron chi connectivity index (χ2n) is 5.41. The minimum absolute atomic E-state index is 0.0251. The molecule has 0 spiro atoms. The smallest absolute Gasteiger partial charge is 0.252 e. The molecule has 2 aromatic rings. The molecule has 116 valence electrons. The summed E-state index contributed by atoms with van der Waals surface area (Å²) < 4.78 is 6.92. The van der Waals surface area contributed by atoms with E-state index in [1.54, 1.807) is 18.0 Å². The lowest BCUT2D eigenvalue weighted by Gasteiger charge is -2.36. The molecule has 3 rings (SSSR count). The Bertz CT molecular complexity index is 616. The van der Waals surface area contributed by atoms with Crippen LogP contribution in [0.25, 0.3) is 0 Å². The van der Waals surface area contributed by atoms with Gasteiger partial charge in [0.2, 0.25) is 0 Å². The Morgan fingerprint density at radius 3 is 2.64 bits per heavy atom. The Morgan fingerprint density at radius 2 is 2.05 bits per heavy atom. The molecule has 22 heavy (non-hydrogen) atoms. The van der Waals surface area contributed by atoms with Crippen molar-refractivity contribution in [2.75, 3.05) is 25.5 Å². The van der Waals surface area contributed by atoms with Crippen LogP contribution in [0, 0.1) is 0 Å². The zero-order valence-electron chi connectivity index (χ0n) is 12.6. The first-order valence-corrected chi connectivity index (χ1v) is 7.41. The number of carbonyl (C=O) groups excluding carboxylic acids is 1. The number of hydrogen-bond donors (Lipinski definition) is 2. The van der Waals surface area contributed by atoms with Gasteiger partial charge in [0.15, 0.2) is 0 Å². The van der Waals surface area contributed by atoms with Gasteiger partial charge in [-0.05, 0) is 56.3 Å². The molecule has 6 nitrogen and oxygen atoms in total. The Hall–Kier alpha value is -2.34. The number of ether oxygens (including phenoxy) is 1. The van der Waals surface area contributed by atoms with Gasteiger partial charge in [-0.1, -0.05) is 0 Å². The standard InChI is InChI=1S/C16H20N4O2/c1-22-14-5-3-13(4-6-14)19-15(21)16(7-10-17-11-8-16)20-12-2-9-18-20/h2-6,9,12,17H,7-8,10-11H2,1H3,(H,19,21). The second-order valence-corrected chi connectivity index (χ2v) is 5.41. The van der Waals surface area contributed by atoms with Gasteiger partial charge in [-0.3, -0.25) is 9.48 Å². The summed E-state index contributed by atoms with van der Waals surface area (Å²) in [6.07, 6.45) is 5.01. The molecule has 1 fully saturated rings. The first-order valence-electron chi connectivity index (χ1n) is 7.41. The van der Waals surface area contributed by atoms with Crippen LogP contribution in [0.4, 0.5) is 5.69 Å². The molecule has 0 unspecified atom stereocenters. The highest BCUT2D eigenvalue weighted by atomic mass is 16.5. The number of nitrogens with zero attached hydrogens (tertiary/aromatic N) is 2. The average molecular weight is 300 g/mol. The molecule has 0 atom stereocenters. The predicted octanol–water partition coefficient (Wildman–Crippen LogP) is 1.61. The lowest BCUT2D eigenvalue weighted by molar-refractivity contribution is -0.126. The van der Waals surface area contributed by atoms with E-state index in [2.05, 4.69) is 15.7 Å². The van der Waals surface area contributed by atoms with Crippen LogP contribution in [0.2, 0.25) is 0 Å². The number of carbonyl (C=O) groups is 1. The fraction of sp³-hybridized carbons (Fsp3) is 0.375. The molecule has 2 heterocycles. The van der Waals surface area contributed by atoms with E-state index >= 15 is 0 Å². The zero-order valence-corrected chi connectivity index (χ0v) is 12.6. The van der Waals surface area contributed by atoms with Crippen LogP contribution in [0.15, 0.2) is 42.7 Å². The van der Waals surface area contributed by atoms with Gasteiger partial charge < -0.3 is 15.4 Å². The molecule has 2 N–H and O–H groups in total. The molecule has 0 bridgehead atoms. The second kappa shape index (κ2) is 6.19. The van der Waals surface area contributed by atoms with E-state index in [1.165, 1.54) is 0 Å².